The molecule has 0 radical (unpaired) electrons. The summed E-state index contributed by atoms with van der Waals surface area (Å²) < 4.78 is 13.7. The number of nitrogens with one attached hydrogen (secondary N) is 1. The van der Waals surface area contributed by atoms with Gasteiger partial charge in [0.15, 0.2) is 0 Å². The van der Waals surface area contributed by atoms with Gasteiger partial charge in [0.05, 0.1) is 0 Å². The Hall–Kier alpha value is -1.38. The molecule has 1 nitrogen and oxygen atoms in total. The Morgan fingerprint density at radius 2 is 2.05 bits per heavy atom. The van der Waals surface area contributed by atoms with Crippen LogP contribution < -0.4 is 5.32 Å². The highest BCUT2D eigenvalue weighted by atomic mass is 35.5. The summed E-state index contributed by atoms with van der Waals surface area (Å²) in [6.45, 7) is 2.11. The van der Waals surface area contributed by atoms with Gasteiger partial charge >= 0.3 is 0 Å². The average Bonchev–Trinajstić information content (AvgIpc) is 2.83. The molecule has 0 saturated carbocycles. The van der Waals surface area contributed by atoms with Crippen molar-refractivity contribution in [2.75, 3.05) is 0 Å². The van der Waals surface area contributed by atoms with Crippen LogP contribution in [0.15, 0.2) is 42.5 Å². The quantitative estimate of drug-likeness (QED) is 0.854. The second-order valence-electron chi connectivity index (χ2n) is 5.34. The molecule has 2 aromatic carbocycles. The molecule has 0 aliphatic heterocycles. The predicted octanol–water partition coefficient (Wildman–Crippen LogP) is 4.82. The first-order chi connectivity index (χ1) is 9.65. The van der Waals surface area contributed by atoms with Crippen molar-refractivity contribution in [3.05, 3.63) is 70.0 Å². The first-order valence-corrected chi connectivity index (χ1v) is 7.32. The molecule has 1 unspecified atom stereocenters. The Balaban J connectivity index is 1.79. The Labute approximate surface area is 123 Å². The molecular weight excluding hydrogens is 273 g/mol. The molecule has 0 spiro atoms. The van der Waals surface area contributed by atoms with Crippen molar-refractivity contribution in [2.45, 2.75) is 31.8 Å². The number of benzene rings is 2. The van der Waals surface area contributed by atoms with Gasteiger partial charge in [0.2, 0.25) is 0 Å². The van der Waals surface area contributed by atoms with E-state index >= 15 is 0 Å². The number of rotatable bonds is 3. The zero-order chi connectivity index (χ0) is 14.1. The molecule has 2 aromatic rings. The molecule has 0 bridgehead atoms. The van der Waals surface area contributed by atoms with Gasteiger partial charge in [0, 0.05) is 17.1 Å². The fourth-order valence-corrected chi connectivity index (χ4v) is 3.16. The van der Waals surface area contributed by atoms with Gasteiger partial charge in [-0.2, -0.15) is 0 Å². The fraction of sp³-hybridized carbons (Fsp3) is 0.294. The van der Waals surface area contributed by atoms with Crippen LogP contribution >= 0.6 is 11.6 Å². The average molecular weight is 290 g/mol. The van der Waals surface area contributed by atoms with E-state index in [1.165, 1.54) is 0 Å². The maximum absolute atomic E-state index is 13.7. The molecule has 104 valence electrons. The van der Waals surface area contributed by atoms with Crippen molar-refractivity contribution in [3.63, 3.8) is 0 Å². The summed E-state index contributed by atoms with van der Waals surface area (Å²) in [5.74, 6) is -0.0813. The van der Waals surface area contributed by atoms with E-state index in [-0.39, 0.29) is 17.9 Å². The van der Waals surface area contributed by atoms with Crippen LogP contribution in [0.1, 0.15) is 42.1 Å². The Kier molecular flexibility index (Phi) is 3.77. The lowest BCUT2D eigenvalue weighted by Crippen LogP contribution is -2.23. The van der Waals surface area contributed by atoms with Crippen molar-refractivity contribution in [1.82, 2.24) is 5.32 Å². The molecule has 2 atom stereocenters. The summed E-state index contributed by atoms with van der Waals surface area (Å²) in [6, 6.07) is 13.6. The highest BCUT2D eigenvalue weighted by Crippen LogP contribution is 2.34. The van der Waals surface area contributed by atoms with Crippen LogP contribution in [0.25, 0.3) is 0 Å². The van der Waals surface area contributed by atoms with Gasteiger partial charge in [-0.25, -0.2) is 4.39 Å². The normalized spacial score (nSPS) is 18.9. The van der Waals surface area contributed by atoms with Crippen LogP contribution in [0.2, 0.25) is 5.02 Å². The van der Waals surface area contributed by atoms with Crippen molar-refractivity contribution < 1.29 is 4.39 Å². The molecule has 1 aliphatic carbocycles. The van der Waals surface area contributed by atoms with Gasteiger partial charge in [-0.15, -0.1) is 0 Å². The zero-order valence-corrected chi connectivity index (χ0v) is 12.1. The molecule has 1 aliphatic rings. The lowest BCUT2D eigenvalue weighted by atomic mass is 10.0. The zero-order valence-electron chi connectivity index (χ0n) is 11.4. The highest BCUT2D eigenvalue weighted by molar-refractivity contribution is 6.30. The lowest BCUT2D eigenvalue weighted by Gasteiger charge is -2.21. The van der Waals surface area contributed by atoms with Crippen LogP contribution in [0.5, 0.6) is 0 Å². The van der Waals surface area contributed by atoms with Gasteiger partial charge < -0.3 is 5.32 Å². The van der Waals surface area contributed by atoms with E-state index in [4.69, 9.17) is 11.6 Å². The molecule has 20 heavy (non-hydrogen) atoms. The van der Waals surface area contributed by atoms with Crippen LogP contribution in [-0.4, -0.2) is 0 Å². The first kappa shape index (κ1) is 13.6. The molecule has 3 rings (SSSR count). The highest BCUT2D eigenvalue weighted by Gasteiger charge is 2.25. The SMILES string of the molecule is C[C@H](NC1CCc2c(F)cccc21)c1cccc(Cl)c1. The van der Waals surface area contributed by atoms with Crippen LogP contribution in [0.3, 0.4) is 0 Å². The smallest absolute Gasteiger partial charge is 0.126 e. The largest absolute Gasteiger partial charge is 0.303 e. The summed E-state index contributed by atoms with van der Waals surface area (Å²) in [5.41, 5.74) is 3.12. The lowest BCUT2D eigenvalue weighted by molar-refractivity contribution is 0.465. The Morgan fingerprint density at radius 1 is 1.25 bits per heavy atom. The van der Waals surface area contributed by atoms with Crippen molar-refractivity contribution in [3.8, 4) is 0 Å². The van der Waals surface area contributed by atoms with E-state index in [2.05, 4.69) is 18.3 Å². The molecule has 0 aromatic heterocycles. The van der Waals surface area contributed by atoms with E-state index in [1.807, 2.05) is 24.3 Å². The maximum atomic E-state index is 13.7. The van der Waals surface area contributed by atoms with Gasteiger partial charge in [-0.05, 0) is 54.7 Å². The summed E-state index contributed by atoms with van der Waals surface area (Å²) in [5, 5.41) is 4.32. The van der Waals surface area contributed by atoms with Crippen molar-refractivity contribution in [1.29, 1.82) is 0 Å². The second-order valence-corrected chi connectivity index (χ2v) is 5.78. The van der Waals surface area contributed by atoms with Gasteiger partial charge in [-0.3, -0.25) is 0 Å². The fourth-order valence-electron chi connectivity index (χ4n) is 2.96. The van der Waals surface area contributed by atoms with E-state index < -0.39 is 0 Å². The molecule has 0 saturated heterocycles. The van der Waals surface area contributed by atoms with E-state index in [0.29, 0.717) is 0 Å². The summed E-state index contributed by atoms with van der Waals surface area (Å²) in [6.07, 6.45) is 1.75. The molecular formula is C17H17ClFN. The van der Waals surface area contributed by atoms with Crippen molar-refractivity contribution in [2.24, 2.45) is 0 Å². The van der Waals surface area contributed by atoms with E-state index in [0.717, 1.165) is 34.6 Å². The Morgan fingerprint density at radius 3 is 2.85 bits per heavy atom. The number of fused-ring (bicyclic) bond motifs is 1. The summed E-state index contributed by atoms with van der Waals surface area (Å²) in [7, 11) is 0. The molecule has 1 N–H and O–H groups in total. The summed E-state index contributed by atoms with van der Waals surface area (Å²) >= 11 is 6.03. The second kappa shape index (κ2) is 5.55. The number of hydrogen-bond acceptors (Lipinski definition) is 1. The minimum atomic E-state index is -0.0813. The number of hydrogen-bond donors (Lipinski definition) is 1. The summed E-state index contributed by atoms with van der Waals surface area (Å²) in [4.78, 5) is 0. The first-order valence-electron chi connectivity index (χ1n) is 6.94. The predicted molar refractivity (Wildman–Crippen MR) is 80.5 cm³/mol. The molecule has 0 heterocycles. The Bertz CT molecular complexity index is 626. The number of halogens is 2. The van der Waals surface area contributed by atoms with Gasteiger partial charge in [-0.1, -0.05) is 35.9 Å². The van der Waals surface area contributed by atoms with Crippen LogP contribution in [0.4, 0.5) is 4.39 Å². The van der Waals surface area contributed by atoms with Gasteiger partial charge in [0.25, 0.3) is 0 Å². The maximum Gasteiger partial charge on any atom is 0.126 e. The van der Waals surface area contributed by atoms with Crippen LogP contribution in [-0.2, 0) is 6.42 Å². The molecule has 3 heteroatoms. The topological polar surface area (TPSA) is 12.0 Å². The van der Waals surface area contributed by atoms with Gasteiger partial charge in [0.1, 0.15) is 5.82 Å². The van der Waals surface area contributed by atoms with E-state index in [9.17, 15) is 4.39 Å². The third-order valence-electron chi connectivity index (χ3n) is 4.01. The minimum absolute atomic E-state index is 0.0813. The molecule has 0 fully saturated rings. The standard InChI is InChI=1S/C17H17ClFN/c1-11(12-4-2-5-13(18)10-12)20-17-9-8-14-15(17)6-3-7-16(14)19/h2-7,10-11,17,20H,8-9H2,1H3/t11-,17?/m0/s1. The van der Waals surface area contributed by atoms with Crippen LogP contribution in [0, 0.1) is 5.82 Å². The third kappa shape index (κ3) is 2.58. The molecule has 0 amide bonds. The van der Waals surface area contributed by atoms with E-state index in [1.54, 1.807) is 12.1 Å². The van der Waals surface area contributed by atoms with Crippen molar-refractivity contribution >= 4 is 11.6 Å². The third-order valence-corrected chi connectivity index (χ3v) is 4.25. The minimum Gasteiger partial charge on any atom is -0.303 e. The monoisotopic (exact) mass is 289 g/mol.